The molecule has 37 heavy (non-hydrogen) atoms. The van der Waals surface area contributed by atoms with Crippen molar-refractivity contribution in [3.05, 3.63) is 92.7 Å². The Labute approximate surface area is 218 Å². The number of rotatable bonds is 7. The molecule has 0 aliphatic heterocycles. The molecule has 2 heterocycles. The minimum absolute atomic E-state index is 0.0914. The van der Waals surface area contributed by atoms with E-state index in [4.69, 9.17) is 4.74 Å². The number of carbonyl (C=O) groups excluding carboxylic acids is 2. The van der Waals surface area contributed by atoms with Gasteiger partial charge in [0.1, 0.15) is 22.5 Å². The number of nitrogens with zero attached hydrogens (tertiary/aromatic N) is 2. The number of aryl methyl sites for hydroxylation is 1. The van der Waals surface area contributed by atoms with Crippen molar-refractivity contribution in [2.75, 3.05) is 11.9 Å². The number of hydrogen-bond acceptors (Lipinski definition) is 5. The molecular weight excluding hydrogens is 489 g/mol. The van der Waals surface area contributed by atoms with Gasteiger partial charge in [-0.15, -0.1) is 11.3 Å². The Balaban J connectivity index is 1.72. The largest absolute Gasteiger partial charge is 0.462 e. The van der Waals surface area contributed by atoms with Crippen LogP contribution in [0.5, 0.6) is 0 Å². The van der Waals surface area contributed by atoms with E-state index in [1.807, 2.05) is 44.2 Å². The van der Waals surface area contributed by atoms with Gasteiger partial charge in [-0.3, -0.25) is 4.79 Å². The number of para-hydroxylation sites is 1. The van der Waals surface area contributed by atoms with Crippen molar-refractivity contribution in [1.29, 1.82) is 5.26 Å². The van der Waals surface area contributed by atoms with E-state index < -0.39 is 11.9 Å². The van der Waals surface area contributed by atoms with Crippen LogP contribution >= 0.6 is 11.3 Å². The lowest BCUT2D eigenvalue weighted by atomic mass is 10.1. The first-order valence-electron chi connectivity index (χ1n) is 11.8. The van der Waals surface area contributed by atoms with Crippen LogP contribution < -0.4 is 5.32 Å². The van der Waals surface area contributed by atoms with E-state index >= 15 is 0 Å². The van der Waals surface area contributed by atoms with Crippen molar-refractivity contribution in [1.82, 2.24) is 4.57 Å². The summed E-state index contributed by atoms with van der Waals surface area (Å²) in [5.41, 5.74) is 4.42. The van der Waals surface area contributed by atoms with Crippen LogP contribution in [0.2, 0.25) is 0 Å². The van der Waals surface area contributed by atoms with Gasteiger partial charge in [-0.05, 0) is 63.1 Å². The molecule has 0 unspecified atom stereocenters. The Morgan fingerprint density at radius 2 is 1.84 bits per heavy atom. The zero-order valence-corrected chi connectivity index (χ0v) is 21.8. The quantitative estimate of drug-likeness (QED) is 0.172. The molecule has 188 valence electrons. The zero-order chi connectivity index (χ0) is 26.7. The molecule has 0 aliphatic carbocycles. The lowest BCUT2D eigenvalue weighted by molar-refractivity contribution is -0.112. The van der Waals surface area contributed by atoms with Crippen LogP contribution in [-0.2, 0) is 16.1 Å². The maximum atomic E-state index is 13.4. The van der Waals surface area contributed by atoms with Gasteiger partial charge in [-0.2, -0.15) is 5.26 Å². The number of benzene rings is 2. The molecule has 0 atom stereocenters. The van der Waals surface area contributed by atoms with Crippen LogP contribution in [0, 0.1) is 37.9 Å². The smallest absolute Gasteiger partial charge is 0.341 e. The van der Waals surface area contributed by atoms with E-state index in [-0.39, 0.29) is 18.0 Å². The third-order valence-electron chi connectivity index (χ3n) is 6.28. The van der Waals surface area contributed by atoms with Crippen molar-refractivity contribution < 1.29 is 18.7 Å². The monoisotopic (exact) mass is 515 g/mol. The Kier molecular flexibility index (Phi) is 7.55. The number of nitriles is 1. The first kappa shape index (κ1) is 25.9. The highest BCUT2D eigenvalue weighted by molar-refractivity contribution is 7.16. The fraction of sp³-hybridized carbons (Fsp3) is 0.207. The summed E-state index contributed by atoms with van der Waals surface area (Å²) in [5, 5.41) is 13.9. The van der Waals surface area contributed by atoms with Crippen LogP contribution in [0.4, 0.5) is 9.39 Å². The van der Waals surface area contributed by atoms with Gasteiger partial charge in [-0.25, -0.2) is 9.18 Å². The zero-order valence-electron chi connectivity index (χ0n) is 21.0. The highest BCUT2D eigenvalue weighted by Gasteiger charge is 2.23. The van der Waals surface area contributed by atoms with Crippen LogP contribution in [0.15, 0.2) is 54.1 Å². The van der Waals surface area contributed by atoms with Gasteiger partial charge < -0.3 is 14.6 Å². The van der Waals surface area contributed by atoms with Crippen LogP contribution in [0.25, 0.3) is 17.0 Å². The summed E-state index contributed by atoms with van der Waals surface area (Å²) in [7, 11) is 0. The molecule has 0 fully saturated rings. The van der Waals surface area contributed by atoms with E-state index in [0.29, 0.717) is 17.1 Å². The summed E-state index contributed by atoms with van der Waals surface area (Å²) >= 11 is 1.27. The Morgan fingerprint density at radius 1 is 1.14 bits per heavy atom. The Hall–Kier alpha value is -4.22. The van der Waals surface area contributed by atoms with Gasteiger partial charge in [0.15, 0.2) is 0 Å². The van der Waals surface area contributed by atoms with E-state index in [0.717, 1.165) is 38.2 Å². The maximum Gasteiger partial charge on any atom is 0.341 e. The fourth-order valence-corrected chi connectivity index (χ4v) is 5.29. The number of esters is 1. The second kappa shape index (κ2) is 10.8. The first-order valence-corrected chi connectivity index (χ1v) is 12.6. The standard InChI is InChI=1S/C29H26FN3O3S/c1-5-36-29(35)26-17(2)19(4)37-28(26)32-27(34)21(15-31)14-24-18(3)33(25-9-7-6-8-23(24)25)16-20-10-12-22(30)13-11-20/h6-14H,5,16H2,1-4H3,(H,32,34)/b21-14+. The third-order valence-corrected chi connectivity index (χ3v) is 7.40. The number of hydrogen-bond donors (Lipinski definition) is 1. The van der Waals surface area contributed by atoms with E-state index in [9.17, 15) is 19.2 Å². The number of halogens is 1. The first-order chi connectivity index (χ1) is 17.7. The fourth-order valence-electron chi connectivity index (χ4n) is 4.24. The highest BCUT2D eigenvalue weighted by atomic mass is 32.1. The number of thiophene rings is 1. The number of ether oxygens (including phenoxy) is 1. The normalized spacial score (nSPS) is 11.4. The second-order valence-corrected chi connectivity index (χ2v) is 9.79. The van der Waals surface area contributed by atoms with Gasteiger partial charge in [0.05, 0.1) is 12.2 Å². The van der Waals surface area contributed by atoms with Gasteiger partial charge >= 0.3 is 5.97 Å². The molecule has 8 heteroatoms. The topological polar surface area (TPSA) is 84.1 Å². The number of amides is 1. The van der Waals surface area contributed by atoms with Crippen molar-refractivity contribution in [3.63, 3.8) is 0 Å². The molecule has 4 rings (SSSR count). The molecule has 0 aliphatic rings. The molecule has 0 radical (unpaired) electrons. The lowest BCUT2D eigenvalue weighted by Gasteiger charge is -2.09. The summed E-state index contributed by atoms with van der Waals surface area (Å²) in [5.74, 6) is -1.42. The SMILES string of the molecule is CCOC(=O)c1c(NC(=O)/C(C#N)=C/c2c(C)n(Cc3ccc(F)cc3)c3ccccc23)sc(C)c1C. The summed E-state index contributed by atoms with van der Waals surface area (Å²) < 4.78 is 20.6. The van der Waals surface area contributed by atoms with Crippen molar-refractivity contribution in [2.24, 2.45) is 0 Å². The predicted molar refractivity (Wildman–Crippen MR) is 144 cm³/mol. The molecule has 4 aromatic rings. The maximum absolute atomic E-state index is 13.4. The molecule has 0 saturated carbocycles. The molecule has 0 bridgehead atoms. The minimum Gasteiger partial charge on any atom is -0.462 e. The van der Waals surface area contributed by atoms with Crippen molar-refractivity contribution in [2.45, 2.75) is 34.2 Å². The average molecular weight is 516 g/mol. The molecule has 0 spiro atoms. The van der Waals surface area contributed by atoms with E-state index in [1.54, 1.807) is 32.1 Å². The molecule has 6 nitrogen and oxygen atoms in total. The van der Waals surface area contributed by atoms with Gasteiger partial charge in [0.25, 0.3) is 5.91 Å². The summed E-state index contributed by atoms with van der Waals surface area (Å²) in [6, 6.07) is 16.1. The van der Waals surface area contributed by atoms with Crippen LogP contribution in [-0.4, -0.2) is 23.1 Å². The Bertz CT molecular complexity index is 1570. The van der Waals surface area contributed by atoms with Crippen LogP contribution in [0.1, 0.15) is 44.5 Å². The number of fused-ring (bicyclic) bond motifs is 1. The van der Waals surface area contributed by atoms with E-state index in [2.05, 4.69) is 9.88 Å². The second-order valence-electron chi connectivity index (χ2n) is 8.56. The number of aromatic nitrogens is 1. The molecule has 0 saturated heterocycles. The highest BCUT2D eigenvalue weighted by Crippen LogP contribution is 2.34. The predicted octanol–water partition coefficient (Wildman–Crippen LogP) is 6.54. The molecule has 1 N–H and O–H groups in total. The molecule has 1 amide bonds. The number of nitrogens with one attached hydrogen (secondary N) is 1. The molecule has 2 aromatic carbocycles. The summed E-state index contributed by atoms with van der Waals surface area (Å²) in [6.45, 7) is 8.02. The number of carbonyl (C=O) groups is 2. The third kappa shape index (κ3) is 5.18. The minimum atomic E-state index is -0.607. The van der Waals surface area contributed by atoms with E-state index in [1.165, 1.54) is 23.5 Å². The average Bonchev–Trinajstić information content (AvgIpc) is 3.30. The Morgan fingerprint density at radius 3 is 2.51 bits per heavy atom. The van der Waals surface area contributed by atoms with Gasteiger partial charge in [0, 0.05) is 33.6 Å². The van der Waals surface area contributed by atoms with Gasteiger partial charge in [-0.1, -0.05) is 30.3 Å². The van der Waals surface area contributed by atoms with Crippen molar-refractivity contribution in [3.8, 4) is 6.07 Å². The van der Waals surface area contributed by atoms with Gasteiger partial charge in [0.2, 0.25) is 0 Å². The number of anilines is 1. The van der Waals surface area contributed by atoms with Crippen molar-refractivity contribution >= 4 is 45.2 Å². The lowest BCUT2D eigenvalue weighted by Crippen LogP contribution is -2.16. The van der Waals surface area contributed by atoms with Crippen LogP contribution in [0.3, 0.4) is 0 Å². The molecular formula is C29H26FN3O3S. The summed E-state index contributed by atoms with van der Waals surface area (Å²) in [4.78, 5) is 26.6. The molecule has 2 aromatic heterocycles. The summed E-state index contributed by atoms with van der Waals surface area (Å²) in [6.07, 6.45) is 1.57.